The van der Waals surface area contributed by atoms with Crippen molar-refractivity contribution < 1.29 is 14.3 Å². The Morgan fingerprint density at radius 1 is 1.26 bits per heavy atom. The lowest BCUT2D eigenvalue weighted by atomic mass is 9.84. The van der Waals surface area contributed by atoms with Gasteiger partial charge in [-0.2, -0.15) is 0 Å². The van der Waals surface area contributed by atoms with Crippen LogP contribution >= 0.6 is 0 Å². The van der Waals surface area contributed by atoms with E-state index in [1.165, 1.54) is 0 Å². The normalized spacial score (nSPS) is 28.2. The van der Waals surface area contributed by atoms with Gasteiger partial charge in [-0.1, -0.05) is 13.8 Å². The Labute approximate surface area is 117 Å². The number of esters is 1. The molecule has 2 atom stereocenters. The topological polar surface area (TPSA) is 61.5 Å². The Balaban J connectivity index is 2.31. The SMILES string of the molecule is CC1CC(OC(=O)CCC(C)(C)CCN)CC(C)O1. The van der Waals surface area contributed by atoms with Crippen LogP contribution in [0.1, 0.15) is 59.8 Å². The molecule has 0 aromatic rings. The van der Waals surface area contributed by atoms with Gasteiger partial charge >= 0.3 is 5.97 Å². The van der Waals surface area contributed by atoms with E-state index in [1.54, 1.807) is 0 Å². The van der Waals surface area contributed by atoms with Crippen LogP contribution in [0.2, 0.25) is 0 Å². The minimum Gasteiger partial charge on any atom is -0.462 e. The van der Waals surface area contributed by atoms with Crippen molar-refractivity contribution in [2.24, 2.45) is 11.1 Å². The van der Waals surface area contributed by atoms with Gasteiger partial charge in [-0.05, 0) is 38.6 Å². The van der Waals surface area contributed by atoms with Crippen molar-refractivity contribution in [3.8, 4) is 0 Å². The van der Waals surface area contributed by atoms with E-state index in [-0.39, 0.29) is 29.7 Å². The van der Waals surface area contributed by atoms with Gasteiger partial charge in [-0.3, -0.25) is 4.79 Å². The second-order valence-electron chi connectivity index (χ2n) is 6.54. The monoisotopic (exact) mass is 271 g/mol. The molecule has 0 aliphatic carbocycles. The first-order valence-electron chi connectivity index (χ1n) is 7.37. The molecular formula is C15H29NO3. The van der Waals surface area contributed by atoms with Crippen LogP contribution < -0.4 is 5.73 Å². The van der Waals surface area contributed by atoms with E-state index in [0.717, 1.165) is 25.7 Å². The third kappa shape index (κ3) is 6.39. The molecule has 112 valence electrons. The van der Waals surface area contributed by atoms with Crippen LogP contribution in [-0.4, -0.2) is 30.8 Å². The molecule has 0 spiro atoms. The second kappa shape index (κ2) is 7.25. The zero-order valence-corrected chi connectivity index (χ0v) is 12.8. The molecule has 1 saturated heterocycles. The van der Waals surface area contributed by atoms with Gasteiger partial charge in [0.15, 0.2) is 0 Å². The number of hydrogen-bond donors (Lipinski definition) is 1. The minimum atomic E-state index is -0.0867. The summed E-state index contributed by atoms with van der Waals surface area (Å²) in [5.41, 5.74) is 5.69. The third-order valence-corrected chi connectivity index (χ3v) is 3.78. The molecule has 1 fully saturated rings. The Kier molecular flexibility index (Phi) is 6.27. The molecule has 0 aromatic carbocycles. The Morgan fingerprint density at radius 3 is 2.37 bits per heavy atom. The lowest BCUT2D eigenvalue weighted by Gasteiger charge is -2.32. The predicted molar refractivity (Wildman–Crippen MR) is 75.8 cm³/mol. The summed E-state index contributed by atoms with van der Waals surface area (Å²) in [7, 11) is 0. The van der Waals surface area contributed by atoms with Gasteiger partial charge in [0, 0.05) is 19.3 Å². The van der Waals surface area contributed by atoms with Crippen molar-refractivity contribution in [3.63, 3.8) is 0 Å². The Bertz CT molecular complexity index is 281. The van der Waals surface area contributed by atoms with E-state index in [4.69, 9.17) is 15.2 Å². The van der Waals surface area contributed by atoms with Gasteiger partial charge in [0.05, 0.1) is 12.2 Å². The van der Waals surface area contributed by atoms with Gasteiger partial charge < -0.3 is 15.2 Å². The zero-order chi connectivity index (χ0) is 14.5. The van der Waals surface area contributed by atoms with E-state index in [1.807, 2.05) is 13.8 Å². The van der Waals surface area contributed by atoms with E-state index >= 15 is 0 Å². The molecule has 1 heterocycles. The summed E-state index contributed by atoms with van der Waals surface area (Å²) >= 11 is 0. The highest BCUT2D eigenvalue weighted by Crippen LogP contribution is 2.27. The van der Waals surface area contributed by atoms with Crippen molar-refractivity contribution in [1.29, 1.82) is 0 Å². The number of rotatable bonds is 6. The van der Waals surface area contributed by atoms with Crippen LogP contribution in [0.25, 0.3) is 0 Å². The van der Waals surface area contributed by atoms with Gasteiger partial charge in [0.1, 0.15) is 6.10 Å². The fraction of sp³-hybridized carbons (Fsp3) is 0.933. The number of ether oxygens (including phenoxy) is 2. The van der Waals surface area contributed by atoms with Crippen LogP contribution in [0.4, 0.5) is 0 Å². The summed E-state index contributed by atoms with van der Waals surface area (Å²) < 4.78 is 11.2. The van der Waals surface area contributed by atoms with Crippen molar-refractivity contribution >= 4 is 5.97 Å². The summed E-state index contributed by atoms with van der Waals surface area (Å²) in [5.74, 6) is -0.0867. The molecule has 19 heavy (non-hydrogen) atoms. The minimum absolute atomic E-state index is 0.0175. The Morgan fingerprint density at radius 2 is 1.84 bits per heavy atom. The first-order chi connectivity index (χ1) is 8.82. The molecule has 0 bridgehead atoms. The van der Waals surface area contributed by atoms with Crippen LogP contribution in [-0.2, 0) is 14.3 Å². The maximum atomic E-state index is 11.9. The molecule has 1 rings (SSSR count). The smallest absolute Gasteiger partial charge is 0.306 e. The van der Waals surface area contributed by atoms with Gasteiger partial charge in [-0.15, -0.1) is 0 Å². The van der Waals surface area contributed by atoms with Crippen molar-refractivity contribution in [2.75, 3.05) is 6.54 Å². The molecule has 0 radical (unpaired) electrons. The number of carbonyl (C=O) groups excluding carboxylic acids is 1. The highest BCUT2D eigenvalue weighted by molar-refractivity contribution is 5.69. The summed E-state index contributed by atoms with van der Waals surface area (Å²) in [5, 5.41) is 0. The number of carbonyl (C=O) groups is 1. The molecule has 0 aromatic heterocycles. The standard InChI is InChI=1S/C15H29NO3/c1-11-9-13(10-12(2)18-11)19-14(17)5-6-15(3,4)7-8-16/h11-13H,5-10,16H2,1-4H3. The van der Waals surface area contributed by atoms with Gasteiger partial charge in [0.2, 0.25) is 0 Å². The van der Waals surface area contributed by atoms with E-state index in [2.05, 4.69) is 13.8 Å². The van der Waals surface area contributed by atoms with Gasteiger partial charge in [0.25, 0.3) is 0 Å². The summed E-state index contributed by atoms with van der Waals surface area (Å²) in [6.45, 7) is 9.01. The largest absolute Gasteiger partial charge is 0.462 e. The fourth-order valence-corrected chi connectivity index (χ4v) is 2.64. The van der Waals surface area contributed by atoms with E-state index in [9.17, 15) is 4.79 Å². The number of nitrogens with two attached hydrogens (primary N) is 1. The quantitative estimate of drug-likeness (QED) is 0.754. The van der Waals surface area contributed by atoms with Crippen molar-refractivity contribution in [1.82, 2.24) is 0 Å². The first-order valence-corrected chi connectivity index (χ1v) is 7.37. The Hall–Kier alpha value is -0.610. The fourth-order valence-electron chi connectivity index (χ4n) is 2.64. The lowest BCUT2D eigenvalue weighted by molar-refractivity contribution is -0.160. The summed E-state index contributed by atoms with van der Waals surface area (Å²) in [4.78, 5) is 11.9. The molecule has 2 unspecified atom stereocenters. The first kappa shape index (κ1) is 16.4. The molecule has 4 nitrogen and oxygen atoms in total. The highest BCUT2D eigenvalue weighted by Gasteiger charge is 2.27. The molecule has 4 heteroatoms. The lowest BCUT2D eigenvalue weighted by Crippen LogP contribution is -2.35. The molecular weight excluding hydrogens is 242 g/mol. The maximum Gasteiger partial charge on any atom is 0.306 e. The highest BCUT2D eigenvalue weighted by atomic mass is 16.6. The molecule has 0 amide bonds. The van der Waals surface area contributed by atoms with Crippen LogP contribution in [0.3, 0.4) is 0 Å². The van der Waals surface area contributed by atoms with E-state index < -0.39 is 0 Å². The average molecular weight is 271 g/mol. The summed E-state index contributed by atoms with van der Waals surface area (Å²) in [6.07, 6.45) is 4.23. The third-order valence-electron chi connectivity index (χ3n) is 3.78. The number of hydrogen-bond acceptors (Lipinski definition) is 4. The summed E-state index contributed by atoms with van der Waals surface area (Å²) in [6, 6.07) is 0. The average Bonchev–Trinajstić information content (AvgIpc) is 2.25. The molecule has 0 saturated carbocycles. The van der Waals surface area contributed by atoms with Crippen molar-refractivity contribution in [3.05, 3.63) is 0 Å². The predicted octanol–water partition coefficient (Wildman–Crippen LogP) is 2.64. The molecule has 2 N–H and O–H groups in total. The van der Waals surface area contributed by atoms with Crippen LogP contribution in [0.5, 0.6) is 0 Å². The second-order valence-corrected chi connectivity index (χ2v) is 6.54. The molecule has 1 aliphatic rings. The molecule has 1 aliphatic heterocycles. The van der Waals surface area contributed by atoms with E-state index in [0.29, 0.717) is 13.0 Å². The van der Waals surface area contributed by atoms with Crippen molar-refractivity contribution in [2.45, 2.75) is 78.1 Å². The van der Waals surface area contributed by atoms with Crippen LogP contribution in [0.15, 0.2) is 0 Å². The van der Waals surface area contributed by atoms with Crippen LogP contribution in [0, 0.1) is 5.41 Å². The maximum absolute atomic E-state index is 11.9. The van der Waals surface area contributed by atoms with Gasteiger partial charge in [-0.25, -0.2) is 0 Å². The zero-order valence-electron chi connectivity index (χ0n) is 12.8.